The maximum atomic E-state index is 12.5. The number of hydrogen-bond donors (Lipinski definition) is 1. The van der Waals surface area contributed by atoms with E-state index in [0.29, 0.717) is 18.2 Å². The van der Waals surface area contributed by atoms with Gasteiger partial charge in [-0.1, -0.05) is 18.2 Å². The molecule has 4 nitrogen and oxygen atoms in total. The Kier molecular flexibility index (Phi) is 3.26. The Morgan fingerprint density at radius 1 is 1.40 bits per heavy atom. The van der Waals surface area contributed by atoms with Gasteiger partial charge in [-0.25, -0.2) is 0 Å². The van der Waals surface area contributed by atoms with Crippen LogP contribution >= 0.6 is 0 Å². The van der Waals surface area contributed by atoms with E-state index >= 15 is 0 Å². The molecular weight excluding hydrogens is 254 g/mol. The van der Waals surface area contributed by atoms with Crippen LogP contribution in [0.1, 0.15) is 29.0 Å². The number of carbonyl (C=O) groups is 1. The predicted octanol–water partition coefficient (Wildman–Crippen LogP) is 2.58. The highest BCUT2D eigenvalue weighted by molar-refractivity contribution is 5.98. The second kappa shape index (κ2) is 4.94. The van der Waals surface area contributed by atoms with Crippen LogP contribution < -0.4 is 0 Å². The van der Waals surface area contributed by atoms with Crippen molar-refractivity contribution in [2.45, 2.75) is 25.9 Å². The average Bonchev–Trinajstić information content (AvgIpc) is 2.74. The summed E-state index contributed by atoms with van der Waals surface area (Å²) < 4.78 is 5.70. The van der Waals surface area contributed by atoms with Gasteiger partial charge in [-0.2, -0.15) is 0 Å². The summed E-state index contributed by atoms with van der Waals surface area (Å²) in [6.45, 7) is 2.59. The van der Waals surface area contributed by atoms with Crippen LogP contribution in [0.5, 0.6) is 0 Å². The number of benzene rings is 1. The molecule has 0 atom stereocenters. The summed E-state index contributed by atoms with van der Waals surface area (Å²) in [5, 5.41) is 10.3. The van der Waals surface area contributed by atoms with Gasteiger partial charge in [-0.05, 0) is 31.7 Å². The van der Waals surface area contributed by atoms with E-state index in [-0.39, 0.29) is 12.0 Å². The van der Waals surface area contributed by atoms with Crippen molar-refractivity contribution in [1.29, 1.82) is 0 Å². The summed E-state index contributed by atoms with van der Waals surface area (Å²) in [7, 11) is 1.79. The molecule has 1 aromatic carbocycles. The molecule has 0 unspecified atom stereocenters. The van der Waals surface area contributed by atoms with Crippen molar-refractivity contribution in [1.82, 2.24) is 4.90 Å². The van der Waals surface area contributed by atoms with Crippen molar-refractivity contribution < 1.29 is 14.3 Å². The number of aryl methyl sites for hydroxylation is 1. The first-order valence-corrected chi connectivity index (χ1v) is 6.98. The van der Waals surface area contributed by atoms with Gasteiger partial charge in [-0.3, -0.25) is 4.79 Å². The number of aliphatic hydroxyl groups is 1. The highest BCUT2D eigenvalue weighted by Crippen LogP contribution is 2.29. The van der Waals surface area contributed by atoms with Crippen LogP contribution in [-0.2, 0) is 0 Å². The minimum atomic E-state index is -0.184. The van der Waals surface area contributed by atoms with Gasteiger partial charge in [0.05, 0.1) is 6.10 Å². The topological polar surface area (TPSA) is 53.7 Å². The van der Waals surface area contributed by atoms with Crippen LogP contribution in [0.4, 0.5) is 0 Å². The Hall–Kier alpha value is -1.81. The summed E-state index contributed by atoms with van der Waals surface area (Å²) in [6.07, 6.45) is 1.39. The number of amides is 1. The lowest BCUT2D eigenvalue weighted by atomic mass is 9.82. The van der Waals surface area contributed by atoms with E-state index < -0.39 is 0 Å². The number of nitrogens with zero attached hydrogens (tertiary/aromatic N) is 1. The van der Waals surface area contributed by atoms with Crippen LogP contribution in [0.15, 0.2) is 28.7 Å². The zero-order chi connectivity index (χ0) is 14.3. The molecule has 1 aliphatic rings. The van der Waals surface area contributed by atoms with Gasteiger partial charge in [-0.15, -0.1) is 0 Å². The minimum absolute atomic E-state index is 0.0833. The van der Waals surface area contributed by atoms with Gasteiger partial charge < -0.3 is 14.4 Å². The fourth-order valence-electron chi connectivity index (χ4n) is 2.87. The Balaban J connectivity index is 1.79. The van der Waals surface area contributed by atoms with Gasteiger partial charge in [0.15, 0.2) is 5.76 Å². The third-order valence-corrected chi connectivity index (χ3v) is 4.13. The first-order valence-electron chi connectivity index (χ1n) is 6.98. The van der Waals surface area contributed by atoms with Crippen molar-refractivity contribution in [2.75, 3.05) is 13.6 Å². The largest absolute Gasteiger partial charge is 0.451 e. The molecule has 106 valence electrons. The number of rotatable bonds is 3. The Morgan fingerprint density at radius 3 is 2.75 bits per heavy atom. The van der Waals surface area contributed by atoms with Gasteiger partial charge >= 0.3 is 0 Å². The molecule has 1 aliphatic carbocycles. The maximum absolute atomic E-state index is 12.5. The molecule has 1 amide bonds. The number of carbonyl (C=O) groups excluding carboxylic acids is 1. The minimum Gasteiger partial charge on any atom is -0.451 e. The molecule has 1 heterocycles. The Morgan fingerprint density at radius 2 is 2.10 bits per heavy atom. The van der Waals surface area contributed by atoms with Crippen LogP contribution in [0, 0.1) is 12.8 Å². The molecule has 0 saturated heterocycles. The molecule has 0 spiro atoms. The van der Waals surface area contributed by atoms with Crippen molar-refractivity contribution in [2.24, 2.45) is 5.92 Å². The normalized spacial score (nSPS) is 21.8. The molecule has 0 aliphatic heterocycles. The number of aliphatic hydroxyl groups excluding tert-OH is 1. The quantitative estimate of drug-likeness (QED) is 0.935. The molecule has 0 radical (unpaired) electrons. The predicted molar refractivity (Wildman–Crippen MR) is 76.6 cm³/mol. The first-order chi connectivity index (χ1) is 9.56. The van der Waals surface area contributed by atoms with Crippen molar-refractivity contribution >= 4 is 16.9 Å². The first kappa shape index (κ1) is 13.2. The van der Waals surface area contributed by atoms with Crippen LogP contribution in [0.25, 0.3) is 11.0 Å². The maximum Gasteiger partial charge on any atom is 0.289 e. The van der Waals surface area contributed by atoms with E-state index in [0.717, 1.165) is 29.4 Å². The van der Waals surface area contributed by atoms with E-state index in [4.69, 9.17) is 4.42 Å². The number of para-hydroxylation sites is 1. The van der Waals surface area contributed by atoms with Crippen molar-refractivity contribution in [3.05, 3.63) is 35.6 Å². The Bertz CT molecular complexity index is 640. The number of fused-ring (bicyclic) bond motifs is 1. The van der Waals surface area contributed by atoms with E-state index in [1.54, 1.807) is 11.9 Å². The lowest BCUT2D eigenvalue weighted by Gasteiger charge is -2.34. The highest BCUT2D eigenvalue weighted by atomic mass is 16.3. The molecular formula is C16H19NO3. The van der Waals surface area contributed by atoms with Gasteiger partial charge in [0.2, 0.25) is 0 Å². The van der Waals surface area contributed by atoms with E-state index in [1.165, 1.54) is 0 Å². The average molecular weight is 273 g/mol. The lowest BCUT2D eigenvalue weighted by molar-refractivity contribution is 0.0258. The fraction of sp³-hybridized carbons (Fsp3) is 0.438. The van der Waals surface area contributed by atoms with E-state index in [2.05, 4.69) is 0 Å². The molecule has 1 aromatic heterocycles. The van der Waals surface area contributed by atoms with Gasteiger partial charge in [0.25, 0.3) is 5.91 Å². The number of furan rings is 1. The molecule has 1 fully saturated rings. The highest BCUT2D eigenvalue weighted by Gasteiger charge is 2.30. The molecule has 2 aromatic rings. The number of hydrogen-bond acceptors (Lipinski definition) is 3. The second-order valence-corrected chi connectivity index (χ2v) is 5.73. The molecule has 20 heavy (non-hydrogen) atoms. The van der Waals surface area contributed by atoms with Crippen LogP contribution in [0.3, 0.4) is 0 Å². The molecule has 4 heteroatoms. The standard InChI is InChI=1S/C16H19NO3/c1-10-13-5-3-4-6-14(13)20-15(10)16(19)17(2)9-11-7-12(18)8-11/h3-6,11-12,18H,7-9H2,1-2H3. The molecule has 1 saturated carbocycles. The van der Waals surface area contributed by atoms with Crippen molar-refractivity contribution in [3.63, 3.8) is 0 Å². The van der Waals surface area contributed by atoms with Gasteiger partial charge in [0, 0.05) is 24.5 Å². The fourth-order valence-corrected chi connectivity index (χ4v) is 2.87. The summed E-state index contributed by atoms with van der Waals surface area (Å²) in [5.74, 6) is 0.747. The van der Waals surface area contributed by atoms with E-state index in [9.17, 15) is 9.90 Å². The molecule has 3 rings (SSSR count). The third-order valence-electron chi connectivity index (χ3n) is 4.13. The monoisotopic (exact) mass is 273 g/mol. The zero-order valence-corrected chi connectivity index (χ0v) is 11.8. The second-order valence-electron chi connectivity index (χ2n) is 5.73. The lowest BCUT2D eigenvalue weighted by Crippen LogP contribution is -2.39. The van der Waals surface area contributed by atoms with Crippen LogP contribution in [0.2, 0.25) is 0 Å². The van der Waals surface area contributed by atoms with Crippen molar-refractivity contribution in [3.8, 4) is 0 Å². The zero-order valence-electron chi connectivity index (χ0n) is 11.8. The van der Waals surface area contributed by atoms with E-state index in [1.807, 2.05) is 31.2 Å². The summed E-state index contributed by atoms with van der Waals surface area (Å²) in [4.78, 5) is 14.2. The molecule has 0 bridgehead atoms. The smallest absolute Gasteiger partial charge is 0.289 e. The SMILES string of the molecule is Cc1c(C(=O)N(C)CC2CC(O)C2)oc2ccccc12. The molecule has 1 N–H and O–H groups in total. The van der Waals surface area contributed by atoms with Crippen LogP contribution in [-0.4, -0.2) is 35.6 Å². The van der Waals surface area contributed by atoms with Gasteiger partial charge in [0.1, 0.15) is 5.58 Å². The Labute approximate surface area is 118 Å². The summed E-state index contributed by atoms with van der Waals surface area (Å²) in [6, 6.07) is 7.69. The summed E-state index contributed by atoms with van der Waals surface area (Å²) >= 11 is 0. The third kappa shape index (κ3) is 2.20. The summed E-state index contributed by atoms with van der Waals surface area (Å²) in [5.41, 5.74) is 1.65.